The lowest BCUT2D eigenvalue weighted by Crippen LogP contribution is -2.44. The summed E-state index contributed by atoms with van der Waals surface area (Å²) in [6, 6.07) is 3.43. The first-order valence-electron chi connectivity index (χ1n) is 6.31. The predicted molar refractivity (Wildman–Crippen MR) is 78.4 cm³/mol. The molecule has 1 aliphatic heterocycles. The highest BCUT2D eigenvalue weighted by atomic mass is 79.9. The van der Waals surface area contributed by atoms with Gasteiger partial charge in [-0.15, -0.1) is 11.3 Å². The third kappa shape index (κ3) is 3.11. The second-order valence-corrected chi connectivity index (χ2v) is 6.93. The minimum absolute atomic E-state index is 0.510. The molecule has 4 heteroatoms. The molecule has 1 aliphatic rings. The largest absolute Gasteiger partial charge is 0.330 e. The summed E-state index contributed by atoms with van der Waals surface area (Å²) in [4.78, 5) is 4.06. The number of likely N-dealkylation sites (tertiary alicyclic amines) is 1. The lowest BCUT2D eigenvalue weighted by molar-refractivity contribution is 0.0827. The van der Waals surface area contributed by atoms with Gasteiger partial charge in [-0.25, -0.2) is 0 Å². The SMILES string of the molecule is CC1CCC(CN)CN1C(C)c1cc(Br)cs1. The number of rotatable bonds is 3. The zero-order valence-electron chi connectivity index (χ0n) is 10.5. The second-order valence-electron chi connectivity index (χ2n) is 5.07. The van der Waals surface area contributed by atoms with E-state index in [1.165, 1.54) is 22.2 Å². The molecule has 1 aromatic rings. The highest BCUT2D eigenvalue weighted by molar-refractivity contribution is 9.10. The normalized spacial score (nSPS) is 28.2. The van der Waals surface area contributed by atoms with Gasteiger partial charge < -0.3 is 5.73 Å². The smallest absolute Gasteiger partial charge is 0.0416 e. The third-order valence-electron chi connectivity index (χ3n) is 3.86. The lowest BCUT2D eigenvalue weighted by Gasteiger charge is -2.41. The maximum Gasteiger partial charge on any atom is 0.0416 e. The first-order valence-corrected chi connectivity index (χ1v) is 7.98. The first kappa shape index (κ1) is 13.5. The number of hydrogen-bond acceptors (Lipinski definition) is 3. The summed E-state index contributed by atoms with van der Waals surface area (Å²) < 4.78 is 1.20. The summed E-state index contributed by atoms with van der Waals surface area (Å²) in [5, 5.41) is 2.17. The zero-order valence-corrected chi connectivity index (χ0v) is 12.9. The predicted octanol–water partition coefficient (Wildman–Crippen LogP) is 3.63. The molecule has 0 radical (unpaired) electrons. The minimum Gasteiger partial charge on any atom is -0.330 e. The van der Waals surface area contributed by atoms with E-state index in [1.807, 2.05) is 11.3 Å². The summed E-state index contributed by atoms with van der Waals surface area (Å²) in [5.74, 6) is 0.678. The zero-order chi connectivity index (χ0) is 12.4. The van der Waals surface area contributed by atoms with Crippen LogP contribution in [-0.2, 0) is 0 Å². The molecule has 2 rings (SSSR count). The average Bonchev–Trinajstić information content (AvgIpc) is 2.76. The molecule has 3 unspecified atom stereocenters. The Morgan fingerprint density at radius 2 is 2.35 bits per heavy atom. The first-order chi connectivity index (χ1) is 8.11. The number of thiophene rings is 1. The van der Waals surface area contributed by atoms with Crippen molar-refractivity contribution in [1.29, 1.82) is 0 Å². The molecule has 0 amide bonds. The number of nitrogens with zero attached hydrogens (tertiary/aromatic N) is 1. The molecule has 0 spiro atoms. The highest BCUT2D eigenvalue weighted by Gasteiger charge is 2.29. The van der Waals surface area contributed by atoms with Crippen LogP contribution in [0.4, 0.5) is 0 Å². The molecule has 0 saturated carbocycles. The Hall–Kier alpha value is 0.1000. The van der Waals surface area contributed by atoms with E-state index >= 15 is 0 Å². The highest BCUT2D eigenvalue weighted by Crippen LogP contribution is 2.34. The fourth-order valence-electron chi connectivity index (χ4n) is 2.66. The Morgan fingerprint density at radius 3 is 2.94 bits per heavy atom. The van der Waals surface area contributed by atoms with Crippen LogP contribution in [0.3, 0.4) is 0 Å². The molecular weight excluding hydrogens is 296 g/mol. The van der Waals surface area contributed by atoms with Crippen LogP contribution >= 0.6 is 27.3 Å². The van der Waals surface area contributed by atoms with E-state index in [1.54, 1.807) is 0 Å². The van der Waals surface area contributed by atoms with Crippen molar-refractivity contribution < 1.29 is 0 Å². The fourth-order valence-corrected chi connectivity index (χ4v) is 4.18. The van der Waals surface area contributed by atoms with Crippen LogP contribution in [0, 0.1) is 5.92 Å². The Balaban J connectivity index is 2.09. The van der Waals surface area contributed by atoms with Gasteiger partial charge in [0, 0.05) is 33.4 Å². The van der Waals surface area contributed by atoms with Gasteiger partial charge in [-0.3, -0.25) is 4.90 Å². The Bertz CT molecular complexity index is 366. The average molecular weight is 317 g/mol. The van der Waals surface area contributed by atoms with Crippen LogP contribution in [0.15, 0.2) is 15.9 Å². The van der Waals surface area contributed by atoms with Crippen LogP contribution in [0.5, 0.6) is 0 Å². The van der Waals surface area contributed by atoms with Crippen LogP contribution in [-0.4, -0.2) is 24.0 Å². The monoisotopic (exact) mass is 316 g/mol. The van der Waals surface area contributed by atoms with Gasteiger partial charge in [0.1, 0.15) is 0 Å². The Labute approximate surface area is 116 Å². The Morgan fingerprint density at radius 1 is 1.59 bits per heavy atom. The van der Waals surface area contributed by atoms with E-state index in [4.69, 9.17) is 5.73 Å². The molecule has 2 heterocycles. The second kappa shape index (κ2) is 5.83. The minimum atomic E-state index is 0.510. The summed E-state index contributed by atoms with van der Waals surface area (Å²) in [5.41, 5.74) is 5.82. The van der Waals surface area contributed by atoms with Gasteiger partial charge in [-0.1, -0.05) is 0 Å². The molecule has 1 saturated heterocycles. The third-order valence-corrected chi connectivity index (χ3v) is 5.72. The maximum absolute atomic E-state index is 5.82. The van der Waals surface area contributed by atoms with Crippen molar-refractivity contribution in [3.8, 4) is 0 Å². The van der Waals surface area contributed by atoms with E-state index in [-0.39, 0.29) is 0 Å². The molecule has 96 valence electrons. The van der Waals surface area contributed by atoms with E-state index in [9.17, 15) is 0 Å². The molecule has 0 aromatic carbocycles. The summed E-state index contributed by atoms with van der Waals surface area (Å²) in [6.07, 6.45) is 2.56. The van der Waals surface area contributed by atoms with Crippen molar-refractivity contribution in [1.82, 2.24) is 4.90 Å². The van der Waals surface area contributed by atoms with Gasteiger partial charge in [0.05, 0.1) is 0 Å². The molecule has 2 N–H and O–H groups in total. The van der Waals surface area contributed by atoms with E-state index in [0.717, 1.165) is 13.1 Å². The number of hydrogen-bond donors (Lipinski definition) is 1. The number of halogens is 1. The van der Waals surface area contributed by atoms with Gasteiger partial charge in [0.2, 0.25) is 0 Å². The lowest BCUT2D eigenvalue weighted by atomic mass is 9.92. The topological polar surface area (TPSA) is 29.3 Å². The van der Waals surface area contributed by atoms with Crippen molar-refractivity contribution in [2.24, 2.45) is 11.7 Å². The number of nitrogens with two attached hydrogens (primary N) is 1. The molecular formula is C13H21BrN2S. The molecule has 1 fully saturated rings. The van der Waals surface area contributed by atoms with E-state index < -0.39 is 0 Å². The van der Waals surface area contributed by atoms with Gasteiger partial charge in [-0.05, 0) is 61.1 Å². The van der Waals surface area contributed by atoms with Crippen LogP contribution < -0.4 is 5.73 Å². The van der Waals surface area contributed by atoms with Gasteiger partial charge >= 0.3 is 0 Å². The van der Waals surface area contributed by atoms with Gasteiger partial charge in [0.25, 0.3) is 0 Å². The van der Waals surface area contributed by atoms with Crippen molar-refractivity contribution in [2.75, 3.05) is 13.1 Å². The molecule has 17 heavy (non-hydrogen) atoms. The van der Waals surface area contributed by atoms with E-state index in [0.29, 0.717) is 18.0 Å². The van der Waals surface area contributed by atoms with Crippen molar-refractivity contribution in [3.05, 3.63) is 20.8 Å². The van der Waals surface area contributed by atoms with Crippen LogP contribution in [0.25, 0.3) is 0 Å². The van der Waals surface area contributed by atoms with Crippen molar-refractivity contribution >= 4 is 27.3 Å². The molecule has 3 atom stereocenters. The summed E-state index contributed by atoms with van der Waals surface area (Å²) in [7, 11) is 0. The summed E-state index contributed by atoms with van der Waals surface area (Å²) in [6.45, 7) is 6.62. The number of piperidine rings is 1. The van der Waals surface area contributed by atoms with Crippen LogP contribution in [0.1, 0.15) is 37.6 Å². The van der Waals surface area contributed by atoms with Gasteiger partial charge in [0.15, 0.2) is 0 Å². The molecule has 0 aliphatic carbocycles. The standard InChI is InChI=1S/C13H21BrN2S/c1-9-3-4-11(6-15)7-16(9)10(2)13-5-12(14)8-17-13/h5,8-11H,3-4,6-7,15H2,1-2H3. The van der Waals surface area contributed by atoms with Crippen LogP contribution in [0.2, 0.25) is 0 Å². The van der Waals surface area contributed by atoms with Gasteiger partial charge in [-0.2, -0.15) is 0 Å². The fraction of sp³-hybridized carbons (Fsp3) is 0.692. The Kier molecular flexibility index (Phi) is 4.64. The maximum atomic E-state index is 5.82. The van der Waals surface area contributed by atoms with Crippen molar-refractivity contribution in [2.45, 2.75) is 38.8 Å². The molecule has 0 bridgehead atoms. The van der Waals surface area contributed by atoms with Crippen molar-refractivity contribution in [3.63, 3.8) is 0 Å². The summed E-state index contributed by atoms with van der Waals surface area (Å²) >= 11 is 5.38. The quantitative estimate of drug-likeness (QED) is 0.922. The molecule has 2 nitrogen and oxygen atoms in total. The molecule has 1 aromatic heterocycles. The van der Waals surface area contributed by atoms with E-state index in [2.05, 4.69) is 46.1 Å².